The van der Waals surface area contributed by atoms with Gasteiger partial charge in [-0.25, -0.2) is 0 Å². The Kier molecular flexibility index (Phi) is 9.17. The predicted molar refractivity (Wildman–Crippen MR) is 89.1 cm³/mol. The van der Waals surface area contributed by atoms with Crippen molar-refractivity contribution in [3.63, 3.8) is 0 Å². The zero-order valence-corrected chi connectivity index (χ0v) is 14.3. The Hall–Kier alpha value is 0.270. The van der Waals surface area contributed by atoms with Gasteiger partial charge in [0.25, 0.3) is 0 Å². The molecule has 1 fully saturated rings. The largest absolute Gasteiger partial charge is 0.311 e. The van der Waals surface area contributed by atoms with Gasteiger partial charge in [0.2, 0.25) is 0 Å². The first-order valence-corrected chi connectivity index (χ1v) is 9.54. The third-order valence-corrected chi connectivity index (χ3v) is 5.30. The zero-order valence-electron chi connectivity index (χ0n) is 13.5. The molecule has 1 saturated heterocycles. The van der Waals surface area contributed by atoms with Gasteiger partial charge in [0.05, 0.1) is 0 Å². The summed E-state index contributed by atoms with van der Waals surface area (Å²) < 4.78 is 0. The van der Waals surface area contributed by atoms with E-state index in [-0.39, 0.29) is 0 Å². The Morgan fingerprint density at radius 1 is 1.26 bits per heavy atom. The smallest absolute Gasteiger partial charge is 0.0221 e. The van der Waals surface area contributed by atoms with Crippen LogP contribution in [0.1, 0.15) is 52.9 Å². The molecule has 1 aliphatic rings. The van der Waals surface area contributed by atoms with Gasteiger partial charge in [-0.15, -0.1) is 0 Å². The summed E-state index contributed by atoms with van der Waals surface area (Å²) >= 11 is 1.98. The second-order valence-corrected chi connectivity index (χ2v) is 7.14. The second kappa shape index (κ2) is 10.1. The first-order chi connectivity index (χ1) is 9.19. The summed E-state index contributed by atoms with van der Waals surface area (Å²) in [5, 5.41) is 3.72. The molecule has 0 aliphatic carbocycles. The molecule has 0 aromatic carbocycles. The average Bonchev–Trinajstić information content (AvgIpc) is 2.43. The van der Waals surface area contributed by atoms with E-state index < -0.39 is 0 Å². The Labute approximate surface area is 125 Å². The van der Waals surface area contributed by atoms with Gasteiger partial charge in [-0.2, -0.15) is 11.8 Å². The van der Waals surface area contributed by atoms with E-state index in [9.17, 15) is 0 Å². The van der Waals surface area contributed by atoms with E-state index >= 15 is 0 Å². The van der Waals surface area contributed by atoms with E-state index in [0.29, 0.717) is 12.1 Å². The van der Waals surface area contributed by atoms with Crippen LogP contribution in [0.2, 0.25) is 0 Å². The molecule has 114 valence electrons. The summed E-state index contributed by atoms with van der Waals surface area (Å²) in [5.41, 5.74) is 0. The molecule has 0 spiro atoms. The molecule has 0 radical (unpaired) electrons. The van der Waals surface area contributed by atoms with Crippen molar-refractivity contribution in [1.82, 2.24) is 10.2 Å². The highest BCUT2D eigenvalue weighted by atomic mass is 32.2. The van der Waals surface area contributed by atoms with Gasteiger partial charge in [0.15, 0.2) is 0 Å². The van der Waals surface area contributed by atoms with Crippen LogP contribution < -0.4 is 5.32 Å². The van der Waals surface area contributed by atoms with Crippen molar-refractivity contribution in [2.75, 3.05) is 31.6 Å². The van der Waals surface area contributed by atoms with E-state index in [4.69, 9.17) is 0 Å². The maximum Gasteiger partial charge on any atom is 0.0221 e. The number of thioether (sulfide) groups is 1. The second-order valence-electron chi connectivity index (χ2n) is 6.15. The predicted octanol–water partition coefficient (Wildman–Crippen LogP) is 3.62. The molecule has 2 nitrogen and oxygen atoms in total. The fourth-order valence-electron chi connectivity index (χ4n) is 2.84. The maximum atomic E-state index is 3.72. The minimum Gasteiger partial charge on any atom is -0.311 e. The molecular formula is C16H34N2S. The quantitative estimate of drug-likeness (QED) is 0.652. The van der Waals surface area contributed by atoms with Crippen molar-refractivity contribution in [3.05, 3.63) is 0 Å². The zero-order chi connectivity index (χ0) is 14.1. The van der Waals surface area contributed by atoms with Crippen molar-refractivity contribution in [2.45, 2.75) is 65.0 Å². The van der Waals surface area contributed by atoms with Gasteiger partial charge in [-0.3, -0.25) is 4.90 Å². The molecule has 0 saturated carbocycles. The van der Waals surface area contributed by atoms with Crippen molar-refractivity contribution in [3.8, 4) is 0 Å². The molecule has 0 bridgehead atoms. The SMILES string of the molecule is CCC(C)C1CN(CCCCCCSC)C(C)CN1. The highest BCUT2D eigenvalue weighted by Crippen LogP contribution is 2.16. The first kappa shape index (κ1) is 17.3. The van der Waals surface area contributed by atoms with Crippen molar-refractivity contribution < 1.29 is 0 Å². The number of nitrogens with one attached hydrogen (secondary N) is 1. The van der Waals surface area contributed by atoms with Crippen LogP contribution in [-0.4, -0.2) is 48.6 Å². The molecule has 3 heteroatoms. The van der Waals surface area contributed by atoms with Crippen molar-refractivity contribution >= 4 is 11.8 Å². The molecule has 19 heavy (non-hydrogen) atoms. The van der Waals surface area contributed by atoms with Gasteiger partial charge < -0.3 is 5.32 Å². The Morgan fingerprint density at radius 2 is 2.00 bits per heavy atom. The third kappa shape index (κ3) is 6.50. The summed E-state index contributed by atoms with van der Waals surface area (Å²) in [7, 11) is 0. The van der Waals surface area contributed by atoms with Crippen LogP contribution in [0.5, 0.6) is 0 Å². The summed E-state index contributed by atoms with van der Waals surface area (Å²) in [5.74, 6) is 2.14. The molecular weight excluding hydrogens is 252 g/mol. The lowest BCUT2D eigenvalue weighted by Gasteiger charge is -2.41. The number of hydrogen-bond donors (Lipinski definition) is 1. The van der Waals surface area contributed by atoms with E-state index in [1.165, 1.54) is 57.5 Å². The summed E-state index contributed by atoms with van der Waals surface area (Å²) in [6.45, 7) is 10.8. The van der Waals surface area contributed by atoms with Crippen LogP contribution in [0.15, 0.2) is 0 Å². The number of hydrogen-bond acceptors (Lipinski definition) is 3. The van der Waals surface area contributed by atoms with Crippen LogP contribution in [0.25, 0.3) is 0 Å². The minimum absolute atomic E-state index is 0.706. The fraction of sp³-hybridized carbons (Fsp3) is 1.00. The Bertz CT molecular complexity index is 223. The van der Waals surface area contributed by atoms with E-state index in [2.05, 4.69) is 37.2 Å². The maximum absolute atomic E-state index is 3.72. The van der Waals surface area contributed by atoms with Gasteiger partial charge in [-0.1, -0.05) is 33.1 Å². The number of unbranched alkanes of at least 4 members (excludes halogenated alkanes) is 3. The standard InChI is InChI=1S/C16H34N2S/c1-5-14(2)16-13-18(15(3)12-17-16)10-8-6-7-9-11-19-4/h14-17H,5-13H2,1-4H3. The highest BCUT2D eigenvalue weighted by Gasteiger charge is 2.26. The van der Waals surface area contributed by atoms with Gasteiger partial charge in [0.1, 0.15) is 0 Å². The Morgan fingerprint density at radius 3 is 2.68 bits per heavy atom. The monoisotopic (exact) mass is 286 g/mol. The van der Waals surface area contributed by atoms with Crippen LogP contribution in [0.3, 0.4) is 0 Å². The number of nitrogens with zero attached hydrogens (tertiary/aromatic N) is 1. The van der Waals surface area contributed by atoms with E-state index in [1.54, 1.807) is 0 Å². The van der Waals surface area contributed by atoms with Crippen LogP contribution in [-0.2, 0) is 0 Å². The fourth-order valence-corrected chi connectivity index (χ4v) is 3.33. The molecule has 1 rings (SSSR count). The van der Waals surface area contributed by atoms with Crippen LogP contribution >= 0.6 is 11.8 Å². The summed E-state index contributed by atoms with van der Waals surface area (Å²) in [4.78, 5) is 2.71. The third-order valence-electron chi connectivity index (χ3n) is 4.60. The van der Waals surface area contributed by atoms with E-state index in [1.807, 2.05) is 11.8 Å². The molecule has 0 amide bonds. The first-order valence-electron chi connectivity index (χ1n) is 8.15. The molecule has 1 N–H and O–H groups in total. The topological polar surface area (TPSA) is 15.3 Å². The number of rotatable bonds is 9. The molecule has 0 aromatic heterocycles. The van der Waals surface area contributed by atoms with Crippen molar-refractivity contribution in [2.24, 2.45) is 5.92 Å². The van der Waals surface area contributed by atoms with Gasteiger partial charge in [-0.05, 0) is 44.2 Å². The minimum atomic E-state index is 0.706. The molecule has 0 aromatic rings. The lowest BCUT2D eigenvalue weighted by atomic mass is 9.95. The Balaban J connectivity index is 2.19. The van der Waals surface area contributed by atoms with Crippen molar-refractivity contribution in [1.29, 1.82) is 0 Å². The van der Waals surface area contributed by atoms with Crippen LogP contribution in [0, 0.1) is 5.92 Å². The van der Waals surface area contributed by atoms with Gasteiger partial charge in [0, 0.05) is 25.2 Å². The lowest BCUT2D eigenvalue weighted by molar-refractivity contribution is 0.116. The lowest BCUT2D eigenvalue weighted by Crippen LogP contribution is -2.57. The average molecular weight is 287 g/mol. The van der Waals surface area contributed by atoms with E-state index in [0.717, 1.165) is 5.92 Å². The molecule has 1 heterocycles. The van der Waals surface area contributed by atoms with Gasteiger partial charge >= 0.3 is 0 Å². The van der Waals surface area contributed by atoms with Crippen LogP contribution in [0.4, 0.5) is 0 Å². The normalized spacial score (nSPS) is 26.5. The highest BCUT2D eigenvalue weighted by molar-refractivity contribution is 7.98. The molecule has 1 aliphatic heterocycles. The molecule has 3 atom stereocenters. The summed E-state index contributed by atoms with van der Waals surface area (Å²) in [6.07, 6.45) is 9.09. The summed E-state index contributed by atoms with van der Waals surface area (Å²) in [6, 6.07) is 1.42. The number of piperazine rings is 1. The molecule has 3 unspecified atom stereocenters.